The van der Waals surface area contributed by atoms with E-state index in [2.05, 4.69) is 0 Å². The van der Waals surface area contributed by atoms with Crippen LogP contribution in [0.1, 0.15) is 42.6 Å². The van der Waals surface area contributed by atoms with Gasteiger partial charge in [-0.05, 0) is 24.5 Å². The van der Waals surface area contributed by atoms with Crippen LogP contribution in [-0.4, -0.2) is 21.2 Å². The Morgan fingerprint density at radius 1 is 1.00 bits per heavy atom. The summed E-state index contributed by atoms with van der Waals surface area (Å²) in [5.74, 6) is -0.625. The predicted octanol–water partition coefficient (Wildman–Crippen LogP) is 4.02. The largest absolute Gasteiger partial charge is 0.515 e. The third-order valence-electron chi connectivity index (χ3n) is 5.37. The van der Waals surface area contributed by atoms with E-state index in [0.717, 1.165) is 30.4 Å². The first-order valence-electron chi connectivity index (χ1n) is 8.40. The third kappa shape index (κ3) is 1.92. The molecule has 1 fully saturated rings. The number of aromatic nitrogens is 1. The number of aliphatic hydroxyl groups is 1. The molecular weight excluding hydrogens is 302 g/mol. The lowest BCUT2D eigenvalue weighted by molar-refractivity contribution is -0.125. The number of Topliss-reactive ketones (excluding diaryl/α,β-unsaturated/α-hetero) is 2. The average Bonchev–Trinajstić information content (AvgIpc) is 3.08. The van der Waals surface area contributed by atoms with Gasteiger partial charge in [-0.3, -0.25) is 9.59 Å². The molecule has 4 rings (SSSR count). The second-order valence-corrected chi connectivity index (χ2v) is 6.61. The maximum atomic E-state index is 13.0. The summed E-state index contributed by atoms with van der Waals surface area (Å²) in [6, 6.07) is 11.6. The molecule has 1 aromatic heterocycles. The van der Waals surface area contributed by atoms with Gasteiger partial charge in [0.1, 0.15) is 11.1 Å². The van der Waals surface area contributed by atoms with Gasteiger partial charge in [-0.2, -0.15) is 0 Å². The molecule has 0 atom stereocenters. The van der Waals surface area contributed by atoms with Crippen LogP contribution < -0.4 is 0 Å². The first-order valence-corrected chi connectivity index (χ1v) is 8.40. The SMILES string of the molecule is O=C1C(=CO)C(=O)C2(CCCCC2)n2ccc(-c3ccccc3)c21. The summed E-state index contributed by atoms with van der Waals surface area (Å²) < 4.78 is 1.88. The lowest BCUT2D eigenvalue weighted by Crippen LogP contribution is -2.50. The normalized spacial score (nSPS) is 21.2. The van der Waals surface area contributed by atoms with E-state index in [-0.39, 0.29) is 17.1 Å². The van der Waals surface area contributed by atoms with Gasteiger partial charge in [-0.1, -0.05) is 49.6 Å². The lowest BCUT2D eigenvalue weighted by atomic mass is 9.73. The molecule has 1 saturated carbocycles. The Balaban J connectivity index is 1.97. The fourth-order valence-corrected chi connectivity index (χ4v) is 4.18. The molecule has 1 N–H and O–H groups in total. The number of ketones is 2. The van der Waals surface area contributed by atoms with E-state index in [1.54, 1.807) is 0 Å². The minimum Gasteiger partial charge on any atom is -0.515 e. The number of allylic oxidation sites excluding steroid dienone is 1. The molecule has 0 amide bonds. The van der Waals surface area contributed by atoms with Crippen molar-refractivity contribution in [3.8, 4) is 11.1 Å². The number of rotatable bonds is 1. The Bertz CT molecular complexity index is 839. The van der Waals surface area contributed by atoms with Crippen LogP contribution >= 0.6 is 0 Å². The van der Waals surface area contributed by atoms with Gasteiger partial charge in [0.15, 0.2) is 5.78 Å². The Labute approximate surface area is 140 Å². The zero-order valence-corrected chi connectivity index (χ0v) is 13.4. The molecule has 2 heterocycles. The fourth-order valence-electron chi connectivity index (χ4n) is 4.18. The van der Waals surface area contributed by atoms with Crippen molar-refractivity contribution in [2.75, 3.05) is 0 Å². The van der Waals surface area contributed by atoms with Crippen LogP contribution in [0.2, 0.25) is 0 Å². The van der Waals surface area contributed by atoms with Crippen LogP contribution in [0, 0.1) is 0 Å². The van der Waals surface area contributed by atoms with Crippen molar-refractivity contribution in [3.05, 3.63) is 60.1 Å². The fraction of sp³-hybridized carbons (Fsp3) is 0.300. The van der Waals surface area contributed by atoms with Crippen molar-refractivity contribution in [2.45, 2.75) is 37.6 Å². The number of aliphatic hydroxyl groups excluding tert-OH is 1. The van der Waals surface area contributed by atoms with Crippen molar-refractivity contribution in [1.82, 2.24) is 4.57 Å². The Kier molecular flexibility index (Phi) is 3.41. The highest BCUT2D eigenvalue weighted by atomic mass is 16.2. The van der Waals surface area contributed by atoms with Crippen LogP contribution in [0.3, 0.4) is 0 Å². The summed E-state index contributed by atoms with van der Waals surface area (Å²) >= 11 is 0. The minimum atomic E-state index is -0.719. The lowest BCUT2D eigenvalue weighted by Gasteiger charge is -2.41. The van der Waals surface area contributed by atoms with Gasteiger partial charge >= 0.3 is 0 Å². The van der Waals surface area contributed by atoms with E-state index in [1.807, 2.05) is 47.2 Å². The second-order valence-electron chi connectivity index (χ2n) is 6.61. The third-order valence-corrected chi connectivity index (χ3v) is 5.37. The molecule has 1 aliphatic heterocycles. The standard InChI is InChI=1S/C20H19NO3/c22-13-16-18(23)17-15(14-7-3-1-4-8-14)9-12-21(17)20(19(16)24)10-5-2-6-11-20/h1,3-4,7-9,12-13,22H,2,5-6,10-11H2. The summed E-state index contributed by atoms with van der Waals surface area (Å²) in [5.41, 5.74) is 1.47. The zero-order valence-electron chi connectivity index (χ0n) is 13.4. The Morgan fingerprint density at radius 2 is 1.71 bits per heavy atom. The van der Waals surface area contributed by atoms with Gasteiger partial charge in [0.25, 0.3) is 0 Å². The second kappa shape index (κ2) is 5.48. The summed E-state index contributed by atoms with van der Waals surface area (Å²) in [6.07, 6.45) is 7.01. The summed E-state index contributed by atoms with van der Waals surface area (Å²) in [4.78, 5) is 25.9. The quantitative estimate of drug-likeness (QED) is 0.490. The van der Waals surface area contributed by atoms with Crippen molar-refractivity contribution in [1.29, 1.82) is 0 Å². The van der Waals surface area contributed by atoms with E-state index in [9.17, 15) is 14.7 Å². The topological polar surface area (TPSA) is 59.3 Å². The molecule has 2 aromatic rings. The number of nitrogens with zero attached hydrogens (tertiary/aromatic N) is 1. The highest BCUT2D eigenvalue weighted by Gasteiger charge is 2.50. The van der Waals surface area contributed by atoms with E-state index < -0.39 is 5.54 Å². The summed E-state index contributed by atoms with van der Waals surface area (Å²) in [7, 11) is 0. The summed E-state index contributed by atoms with van der Waals surface area (Å²) in [6.45, 7) is 0. The van der Waals surface area contributed by atoms with Gasteiger partial charge in [-0.15, -0.1) is 0 Å². The predicted molar refractivity (Wildman–Crippen MR) is 91.0 cm³/mol. The van der Waals surface area contributed by atoms with Gasteiger partial charge in [-0.25, -0.2) is 0 Å². The van der Waals surface area contributed by atoms with Crippen LogP contribution in [0.15, 0.2) is 54.4 Å². The monoisotopic (exact) mass is 321 g/mol. The van der Waals surface area contributed by atoms with Crippen LogP contribution in [0.4, 0.5) is 0 Å². The molecule has 0 unspecified atom stereocenters. The van der Waals surface area contributed by atoms with Gasteiger partial charge < -0.3 is 9.67 Å². The molecule has 0 bridgehead atoms. The zero-order chi connectivity index (χ0) is 16.7. The molecule has 122 valence electrons. The molecule has 4 nitrogen and oxygen atoms in total. The number of carbonyl (C=O) groups excluding carboxylic acids is 2. The number of benzene rings is 1. The van der Waals surface area contributed by atoms with Crippen molar-refractivity contribution >= 4 is 11.6 Å². The smallest absolute Gasteiger partial charge is 0.216 e. The van der Waals surface area contributed by atoms with Crippen LogP contribution in [-0.2, 0) is 10.3 Å². The molecule has 0 saturated heterocycles. The first kappa shape index (κ1) is 14.9. The Morgan fingerprint density at radius 3 is 2.38 bits per heavy atom. The van der Waals surface area contributed by atoms with Crippen molar-refractivity contribution < 1.29 is 14.7 Å². The number of carbonyl (C=O) groups is 2. The van der Waals surface area contributed by atoms with E-state index >= 15 is 0 Å². The molecule has 24 heavy (non-hydrogen) atoms. The van der Waals surface area contributed by atoms with Gasteiger partial charge in [0.05, 0.1) is 12.0 Å². The summed E-state index contributed by atoms with van der Waals surface area (Å²) in [5, 5.41) is 9.56. The van der Waals surface area contributed by atoms with E-state index in [0.29, 0.717) is 24.8 Å². The number of fused-ring (bicyclic) bond motifs is 2. The molecule has 1 spiro atoms. The first-order chi connectivity index (χ1) is 11.7. The maximum Gasteiger partial charge on any atom is 0.216 e. The van der Waals surface area contributed by atoms with Crippen LogP contribution in [0.25, 0.3) is 11.1 Å². The average molecular weight is 321 g/mol. The minimum absolute atomic E-state index is 0.0831. The molecular formula is C20H19NO3. The van der Waals surface area contributed by atoms with E-state index in [1.165, 1.54) is 0 Å². The van der Waals surface area contributed by atoms with Crippen molar-refractivity contribution in [3.63, 3.8) is 0 Å². The van der Waals surface area contributed by atoms with Gasteiger partial charge in [0, 0.05) is 11.8 Å². The molecule has 4 heteroatoms. The number of hydrogen-bond donors (Lipinski definition) is 1. The molecule has 1 aliphatic carbocycles. The maximum absolute atomic E-state index is 13.0. The highest BCUT2D eigenvalue weighted by Crippen LogP contribution is 2.44. The van der Waals surface area contributed by atoms with Crippen molar-refractivity contribution in [2.24, 2.45) is 0 Å². The van der Waals surface area contributed by atoms with Gasteiger partial charge in [0.2, 0.25) is 5.78 Å². The molecule has 1 aromatic carbocycles. The highest BCUT2D eigenvalue weighted by molar-refractivity contribution is 6.31. The molecule has 0 radical (unpaired) electrons. The van der Waals surface area contributed by atoms with Crippen LogP contribution in [0.5, 0.6) is 0 Å². The Hall–Kier alpha value is -2.62. The number of hydrogen-bond acceptors (Lipinski definition) is 3. The molecule has 2 aliphatic rings. The van der Waals surface area contributed by atoms with E-state index in [4.69, 9.17) is 0 Å².